The Labute approximate surface area is 176 Å². The molecule has 9 heteroatoms. The number of nitrogens with zero attached hydrogens (tertiary/aromatic N) is 2. The lowest BCUT2D eigenvalue weighted by molar-refractivity contribution is -0.129. The number of rotatable bonds is 6. The lowest BCUT2D eigenvalue weighted by Gasteiger charge is -2.18. The number of carbonyl (C=O) groups is 1. The lowest BCUT2D eigenvalue weighted by Crippen LogP contribution is -2.39. The highest BCUT2D eigenvalue weighted by atomic mass is 32.2. The van der Waals surface area contributed by atoms with Crippen molar-refractivity contribution >= 4 is 15.9 Å². The summed E-state index contributed by atoms with van der Waals surface area (Å²) < 4.78 is 35.0. The van der Waals surface area contributed by atoms with Gasteiger partial charge in [0.15, 0.2) is 0 Å². The summed E-state index contributed by atoms with van der Waals surface area (Å²) in [5.41, 5.74) is 2.08. The third-order valence-corrected chi connectivity index (χ3v) is 6.87. The number of aromatic nitrogens is 1. The number of carbonyl (C=O) groups excluding carboxylic acids is 1. The highest BCUT2D eigenvalue weighted by molar-refractivity contribution is 7.89. The van der Waals surface area contributed by atoms with Crippen molar-refractivity contribution in [1.29, 1.82) is 0 Å². The Morgan fingerprint density at radius 2 is 1.93 bits per heavy atom. The second kappa shape index (κ2) is 8.61. The first-order chi connectivity index (χ1) is 14.1. The normalized spacial score (nSPS) is 16.7. The molecular formula is C21H27N3O5S. The van der Waals surface area contributed by atoms with Crippen LogP contribution >= 0.6 is 0 Å². The third kappa shape index (κ3) is 4.91. The molecule has 162 valence electrons. The average molecular weight is 434 g/mol. The van der Waals surface area contributed by atoms with Crippen LogP contribution in [-0.4, -0.2) is 49.5 Å². The zero-order valence-corrected chi connectivity index (χ0v) is 18.5. The summed E-state index contributed by atoms with van der Waals surface area (Å²) in [7, 11) is -2.09. The highest BCUT2D eigenvalue weighted by Gasteiger charge is 2.29. The van der Waals surface area contributed by atoms with Crippen molar-refractivity contribution in [3.8, 4) is 5.75 Å². The SMILES string of the molecule is Cc1ccc(C)c(S(=O)(=O)NCC(=O)N2CC[C@H](Oc3cc(C)n(C)c(=O)c3)C2)c1. The van der Waals surface area contributed by atoms with E-state index in [9.17, 15) is 18.0 Å². The van der Waals surface area contributed by atoms with E-state index in [2.05, 4.69) is 4.72 Å². The van der Waals surface area contributed by atoms with E-state index in [1.54, 1.807) is 37.1 Å². The zero-order valence-electron chi connectivity index (χ0n) is 17.6. The largest absolute Gasteiger partial charge is 0.488 e. The summed E-state index contributed by atoms with van der Waals surface area (Å²) in [6.45, 7) is 5.86. The molecule has 8 nitrogen and oxygen atoms in total. The van der Waals surface area contributed by atoms with Gasteiger partial charge in [-0.05, 0) is 44.0 Å². The highest BCUT2D eigenvalue weighted by Crippen LogP contribution is 2.19. The maximum Gasteiger partial charge on any atom is 0.254 e. The Hall–Kier alpha value is -2.65. The Morgan fingerprint density at radius 1 is 1.20 bits per heavy atom. The second-order valence-corrected chi connectivity index (χ2v) is 9.43. The average Bonchev–Trinajstić information content (AvgIpc) is 3.14. The molecule has 2 heterocycles. The van der Waals surface area contributed by atoms with E-state index in [1.165, 1.54) is 10.6 Å². The van der Waals surface area contributed by atoms with Gasteiger partial charge in [0.2, 0.25) is 15.9 Å². The maximum atomic E-state index is 12.6. The van der Waals surface area contributed by atoms with Crippen LogP contribution in [0.2, 0.25) is 0 Å². The zero-order chi connectivity index (χ0) is 22.1. The summed E-state index contributed by atoms with van der Waals surface area (Å²) in [5, 5.41) is 0. The van der Waals surface area contributed by atoms with Crippen molar-refractivity contribution in [2.75, 3.05) is 19.6 Å². The van der Waals surface area contributed by atoms with Crippen LogP contribution in [0.3, 0.4) is 0 Å². The predicted molar refractivity (Wildman–Crippen MR) is 113 cm³/mol. The molecule has 0 spiro atoms. The van der Waals surface area contributed by atoms with Crippen LogP contribution in [0.15, 0.2) is 40.0 Å². The number of nitrogens with one attached hydrogen (secondary N) is 1. The van der Waals surface area contributed by atoms with E-state index >= 15 is 0 Å². The number of ether oxygens (including phenoxy) is 1. The Bertz CT molecular complexity index is 1120. The van der Waals surface area contributed by atoms with Gasteiger partial charge in [-0.1, -0.05) is 12.1 Å². The van der Waals surface area contributed by atoms with Gasteiger partial charge < -0.3 is 14.2 Å². The molecule has 0 aliphatic carbocycles. The van der Waals surface area contributed by atoms with Gasteiger partial charge in [-0.25, -0.2) is 13.1 Å². The fraction of sp³-hybridized carbons (Fsp3) is 0.429. The fourth-order valence-electron chi connectivity index (χ4n) is 3.39. The number of pyridine rings is 1. The molecule has 1 fully saturated rings. The molecule has 1 saturated heterocycles. The number of hydrogen-bond acceptors (Lipinski definition) is 5. The molecule has 0 saturated carbocycles. The maximum absolute atomic E-state index is 12.6. The van der Waals surface area contributed by atoms with Gasteiger partial charge in [0.05, 0.1) is 18.0 Å². The van der Waals surface area contributed by atoms with Crippen molar-refractivity contribution in [2.24, 2.45) is 7.05 Å². The van der Waals surface area contributed by atoms with E-state index < -0.39 is 10.0 Å². The fourth-order valence-corrected chi connectivity index (χ4v) is 4.69. The van der Waals surface area contributed by atoms with Crippen LogP contribution in [0.25, 0.3) is 0 Å². The number of aryl methyl sites for hydroxylation is 3. The Balaban J connectivity index is 1.58. The first-order valence-electron chi connectivity index (χ1n) is 9.76. The standard InChI is InChI=1S/C21H27N3O5S/c1-14-5-6-15(2)19(9-14)30(27,28)22-12-21(26)24-8-7-17(13-24)29-18-10-16(3)23(4)20(25)11-18/h5-6,9-11,17,22H,7-8,12-13H2,1-4H3/t17-/m0/s1. The summed E-state index contributed by atoms with van der Waals surface area (Å²) in [6, 6.07) is 8.38. The quantitative estimate of drug-likeness (QED) is 0.740. The van der Waals surface area contributed by atoms with E-state index in [-0.39, 0.29) is 29.0 Å². The topological polar surface area (TPSA) is 97.7 Å². The van der Waals surface area contributed by atoms with Gasteiger partial charge in [0.25, 0.3) is 5.56 Å². The van der Waals surface area contributed by atoms with Crippen molar-refractivity contribution in [2.45, 2.75) is 38.2 Å². The molecule has 30 heavy (non-hydrogen) atoms. The van der Waals surface area contributed by atoms with Crippen LogP contribution in [-0.2, 0) is 21.9 Å². The number of amides is 1. The minimum Gasteiger partial charge on any atom is -0.488 e. The van der Waals surface area contributed by atoms with Crippen LogP contribution in [0.5, 0.6) is 5.75 Å². The van der Waals surface area contributed by atoms with Crippen LogP contribution in [0.4, 0.5) is 0 Å². The van der Waals surface area contributed by atoms with E-state index in [4.69, 9.17) is 4.74 Å². The van der Waals surface area contributed by atoms with Crippen LogP contribution in [0.1, 0.15) is 23.2 Å². The Morgan fingerprint density at radius 3 is 2.63 bits per heavy atom. The number of likely N-dealkylation sites (tertiary alicyclic amines) is 1. The summed E-state index contributed by atoms with van der Waals surface area (Å²) in [4.78, 5) is 26.2. The van der Waals surface area contributed by atoms with Crippen molar-refractivity contribution in [1.82, 2.24) is 14.2 Å². The van der Waals surface area contributed by atoms with Gasteiger partial charge in [0, 0.05) is 31.8 Å². The molecule has 0 bridgehead atoms. The number of hydrogen-bond donors (Lipinski definition) is 1. The summed E-state index contributed by atoms with van der Waals surface area (Å²) >= 11 is 0. The molecule has 1 atom stereocenters. The molecule has 0 radical (unpaired) electrons. The van der Waals surface area contributed by atoms with Crippen LogP contribution < -0.4 is 15.0 Å². The van der Waals surface area contributed by atoms with Crippen molar-refractivity contribution in [3.05, 3.63) is 57.5 Å². The molecule has 1 N–H and O–H groups in total. The predicted octanol–water partition coefficient (Wildman–Crippen LogP) is 1.27. The summed E-state index contributed by atoms with van der Waals surface area (Å²) in [6.07, 6.45) is 0.375. The first-order valence-corrected chi connectivity index (χ1v) is 11.2. The van der Waals surface area contributed by atoms with Gasteiger partial charge in [-0.15, -0.1) is 0 Å². The minimum atomic E-state index is -3.78. The molecule has 2 aromatic rings. The molecule has 1 aromatic heterocycles. The second-order valence-electron chi connectivity index (χ2n) is 7.69. The molecular weight excluding hydrogens is 406 g/mol. The summed E-state index contributed by atoms with van der Waals surface area (Å²) in [5.74, 6) is 0.167. The van der Waals surface area contributed by atoms with Crippen LogP contribution in [0, 0.1) is 20.8 Å². The number of sulfonamides is 1. The smallest absolute Gasteiger partial charge is 0.254 e. The third-order valence-electron chi connectivity index (χ3n) is 5.32. The van der Waals surface area contributed by atoms with Gasteiger partial charge >= 0.3 is 0 Å². The molecule has 3 rings (SSSR count). The van der Waals surface area contributed by atoms with Gasteiger partial charge in [-0.2, -0.15) is 0 Å². The molecule has 0 unspecified atom stereocenters. The van der Waals surface area contributed by atoms with E-state index in [1.807, 2.05) is 19.9 Å². The number of benzene rings is 1. The first kappa shape index (κ1) is 22.0. The van der Waals surface area contributed by atoms with Crippen molar-refractivity contribution < 1.29 is 17.9 Å². The Kier molecular flexibility index (Phi) is 6.33. The molecule has 1 amide bonds. The minimum absolute atomic E-state index is 0.156. The van der Waals surface area contributed by atoms with E-state index in [0.29, 0.717) is 30.8 Å². The lowest BCUT2D eigenvalue weighted by atomic mass is 10.2. The molecule has 1 aliphatic rings. The van der Waals surface area contributed by atoms with Crippen molar-refractivity contribution in [3.63, 3.8) is 0 Å². The monoisotopic (exact) mass is 433 g/mol. The van der Waals surface area contributed by atoms with Gasteiger partial charge in [0.1, 0.15) is 11.9 Å². The van der Waals surface area contributed by atoms with E-state index in [0.717, 1.165) is 11.3 Å². The molecule has 1 aliphatic heterocycles. The molecule has 1 aromatic carbocycles. The van der Waals surface area contributed by atoms with Gasteiger partial charge in [-0.3, -0.25) is 9.59 Å².